The molecule has 2 aliphatic rings. The van der Waals surface area contributed by atoms with Crippen LogP contribution in [0.1, 0.15) is 12.8 Å². The van der Waals surface area contributed by atoms with Crippen LogP contribution in [0.15, 0.2) is 12.4 Å². The summed E-state index contributed by atoms with van der Waals surface area (Å²) in [5.41, 5.74) is 0. The average molecular weight is 240 g/mol. The molecule has 3 unspecified atom stereocenters. The van der Waals surface area contributed by atoms with E-state index in [1.54, 1.807) is 12.4 Å². The second kappa shape index (κ2) is 3.86. The van der Waals surface area contributed by atoms with Crippen molar-refractivity contribution in [3.05, 3.63) is 17.4 Å². The van der Waals surface area contributed by atoms with E-state index in [1.807, 2.05) is 0 Å². The van der Waals surface area contributed by atoms with Crippen LogP contribution in [0.4, 0.5) is 5.95 Å². The second-order valence-electron chi connectivity index (χ2n) is 4.67. The summed E-state index contributed by atoms with van der Waals surface area (Å²) in [6.07, 6.45) is 5.17. The highest BCUT2D eigenvalue weighted by Crippen LogP contribution is 2.38. The number of aromatic nitrogens is 2. The Kier molecular flexibility index (Phi) is 2.48. The molecule has 16 heavy (non-hydrogen) atoms. The fraction of sp³-hybridized carbons (Fsp3) is 0.636. The van der Waals surface area contributed by atoms with Crippen LogP contribution in [0.25, 0.3) is 0 Å². The molecule has 1 aromatic rings. The number of halogens is 1. The van der Waals surface area contributed by atoms with Crippen molar-refractivity contribution in [3.8, 4) is 0 Å². The topological polar surface area (TPSA) is 49.2 Å². The number of hydrogen-bond acceptors (Lipinski definition) is 4. The molecule has 1 aromatic heterocycles. The van der Waals surface area contributed by atoms with E-state index >= 15 is 0 Å². The van der Waals surface area contributed by atoms with Gasteiger partial charge in [-0.1, -0.05) is 11.6 Å². The summed E-state index contributed by atoms with van der Waals surface area (Å²) >= 11 is 5.75. The fourth-order valence-corrected chi connectivity index (χ4v) is 2.97. The van der Waals surface area contributed by atoms with Gasteiger partial charge < -0.3 is 10.0 Å². The average Bonchev–Trinajstić information content (AvgIpc) is 2.83. The van der Waals surface area contributed by atoms with Crippen molar-refractivity contribution in [1.82, 2.24) is 9.97 Å². The molecule has 1 saturated carbocycles. The Morgan fingerprint density at radius 2 is 2.00 bits per heavy atom. The second-order valence-corrected chi connectivity index (χ2v) is 5.11. The zero-order valence-electron chi connectivity index (χ0n) is 8.88. The van der Waals surface area contributed by atoms with Crippen molar-refractivity contribution >= 4 is 17.5 Å². The van der Waals surface area contributed by atoms with Gasteiger partial charge in [-0.3, -0.25) is 0 Å². The lowest BCUT2D eigenvalue weighted by Crippen LogP contribution is -2.25. The van der Waals surface area contributed by atoms with Gasteiger partial charge in [0.05, 0.1) is 23.5 Å². The van der Waals surface area contributed by atoms with Gasteiger partial charge >= 0.3 is 0 Å². The van der Waals surface area contributed by atoms with Gasteiger partial charge in [0.25, 0.3) is 0 Å². The van der Waals surface area contributed by atoms with E-state index in [4.69, 9.17) is 11.6 Å². The summed E-state index contributed by atoms with van der Waals surface area (Å²) in [6.45, 7) is 1.83. The smallest absolute Gasteiger partial charge is 0.225 e. The minimum atomic E-state index is -0.137. The van der Waals surface area contributed by atoms with Crippen LogP contribution in [0.5, 0.6) is 0 Å². The van der Waals surface area contributed by atoms with Gasteiger partial charge in [0.1, 0.15) is 0 Å². The van der Waals surface area contributed by atoms with Crippen LogP contribution in [0.3, 0.4) is 0 Å². The molecule has 0 spiro atoms. The molecule has 4 nitrogen and oxygen atoms in total. The van der Waals surface area contributed by atoms with Crippen LogP contribution in [0, 0.1) is 11.8 Å². The summed E-state index contributed by atoms with van der Waals surface area (Å²) in [6, 6.07) is 0. The van der Waals surface area contributed by atoms with Crippen molar-refractivity contribution < 1.29 is 5.11 Å². The maximum Gasteiger partial charge on any atom is 0.225 e. The molecule has 1 aliphatic carbocycles. The summed E-state index contributed by atoms with van der Waals surface area (Å²) in [5, 5.41) is 10.4. The summed E-state index contributed by atoms with van der Waals surface area (Å²) in [7, 11) is 0. The summed E-state index contributed by atoms with van der Waals surface area (Å²) in [4.78, 5) is 10.6. The Morgan fingerprint density at radius 1 is 1.25 bits per heavy atom. The minimum absolute atomic E-state index is 0.137. The SMILES string of the molecule is OC1CCC2CN(c3ncc(Cl)cn3)CC12. The Balaban J connectivity index is 1.76. The van der Waals surface area contributed by atoms with Crippen molar-refractivity contribution in [2.24, 2.45) is 11.8 Å². The van der Waals surface area contributed by atoms with Crippen LogP contribution in [-0.2, 0) is 0 Å². The van der Waals surface area contributed by atoms with Gasteiger partial charge in [0.2, 0.25) is 5.95 Å². The summed E-state index contributed by atoms with van der Waals surface area (Å²) in [5.74, 6) is 1.74. The molecule has 2 fully saturated rings. The predicted molar refractivity (Wildman–Crippen MR) is 61.5 cm³/mol. The largest absolute Gasteiger partial charge is 0.393 e. The maximum atomic E-state index is 9.82. The first-order chi connectivity index (χ1) is 7.74. The van der Waals surface area contributed by atoms with E-state index in [0.29, 0.717) is 16.9 Å². The zero-order valence-corrected chi connectivity index (χ0v) is 9.64. The number of aliphatic hydroxyl groups excluding tert-OH is 1. The molecule has 1 N–H and O–H groups in total. The van der Waals surface area contributed by atoms with E-state index in [0.717, 1.165) is 31.9 Å². The highest BCUT2D eigenvalue weighted by atomic mass is 35.5. The molecule has 0 amide bonds. The van der Waals surface area contributed by atoms with E-state index in [1.165, 1.54) is 0 Å². The Morgan fingerprint density at radius 3 is 2.69 bits per heavy atom. The third-order valence-corrected chi connectivity index (χ3v) is 3.90. The molecule has 3 atom stereocenters. The van der Waals surface area contributed by atoms with E-state index in [9.17, 15) is 5.11 Å². The highest BCUT2D eigenvalue weighted by Gasteiger charge is 2.42. The summed E-state index contributed by atoms with van der Waals surface area (Å²) < 4.78 is 0. The first-order valence-electron chi connectivity index (χ1n) is 5.64. The Bertz CT molecular complexity index is 383. The first kappa shape index (κ1) is 10.3. The van der Waals surface area contributed by atoms with Gasteiger partial charge in [-0.15, -0.1) is 0 Å². The molecule has 1 aliphatic heterocycles. The quantitative estimate of drug-likeness (QED) is 0.804. The normalized spacial score (nSPS) is 33.1. The van der Waals surface area contributed by atoms with Gasteiger partial charge in [0.15, 0.2) is 0 Å². The fourth-order valence-electron chi connectivity index (χ4n) is 2.87. The monoisotopic (exact) mass is 239 g/mol. The van der Waals surface area contributed by atoms with Crippen LogP contribution < -0.4 is 4.90 Å². The minimum Gasteiger partial charge on any atom is -0.393 e. The molecular weight excluding hydrogens is 226 g/mol. The lowest BCUT2D eigenvalue weighted by atomic mass is 10.00. The van der Waals surface area contributed by atoms with Gasteiger partial charge in [-0.2, -0.15) is 0 Å². The lowest BCUT2D eigenvalue weighted by molar-refractivity contribution is 0.133. The number of nitrogens with zero attached hydrogens (tertiary/aromatic N) is 3. The number of aliphatic hydroxyl groups is 1. The van der Waals surface area contributed by atoms with Crippen LogP contribution >= 0.6 is 11.6 Å². The number of anilines is 1. The number of hydrogen-bond donors (Lipinski definition) is 1. The van der Waals surface area contributed by atoms with Crippen molar-refractivity contribution in [2.75, 3.05) is 18.0 Å². The van der Waals surface area contributed by atoms with Crippen molar-refractivity contribution in [3.63, 3.8) is 0 Å². The number of rotatable bonds is 1. The third kappa shape index (κ3) is 1.66. The molecule has 0 bridgehead atoms. The predicted octanol–water partition coefficient (Wildman–Crippen LogP) is 1.34. The lowest BCUT2D eigenvalue weighted by Gasteiger charge is -2.17. The molecule has 1 saturated heterocycles. The standard InChI is InChI=1S/C11H14ClN3O/c12-8-3-13-11(14-4-8)15-5-7-1-2-10(16)9(7)6-15/h3-4,7,9-10,16H,1-2,5-6H2. The van der Waals surface area contributed by atoms with E-state index in [-0.39, 0.29) is 6.10 Å². The Hall–Kier alpha value is -0.870. The van der Waals surface area contributed by atoms with Crippen molar-refractivity contribution in [2.45, 2.75) is 18.9 Å². The molecule has 3 rings (SSSR count). The molecular formula is C11H14ClN3O. The number of fused-ring (bicyclic) bond motifs is 1. The molecule has 5 heteroatoms. The van der Waals surface area contributed by atoms with Gasteiger partial charge in [-0.05, 0) is 18.8 Å². The molecule has 86 valence electrons. The van der Waals surface area contributed by atoms with Gasteiger partial charge in [-0.25, -0.2) is 9.97 Å². The van der Waals surface area contributed by atoms with E-state index in [2.05, 4.69) is 14.9 Å². The maximum absolute atomic E-state index is 9.82. The van der Waals surface area contributed by atoms with Crippen molar-refractivity contribution in [1.29, 1.82) is 0 Å². The first-order valence-corrected chi connectivity index (χ1v) is 6.02. The molecule has 0 radical (unpaired) electrons. The van der Waals surface area contributed by atoms with E-state index < -0.39 is 0 Å². The third-order valence-electron chi connectivity index (χ3n) is 3.71. The molecule has 2 heterocycles. The van der Waals surface area contributed by atoms with Gasteiger partial charge in [0, 0.05) is 19.0 Å². The van der Waals surface area contributed by atoms with Crippen LogP contribution in [0.2, 0.25) is 5.02 Å². The van der Waals surface area contributed by atoms with Crippen LogP contribution in [-0.4, -0.2) is 34.3 Å². The highest BCUT2D eigenvalue weighted by molar-refractivity contribution is 6.30. The Labute approximate surface area is 99.3 Å². The molecule has 0 aromatic carbocycles. The zero-order chi connectivity index (χ0) is 11.1.